The molecule has 3 N–H and O–H groups in total. The van der Waals surface area contributed by atoms with E-state index in [0.717, 1.165) is 6.07 Å². The van der Waals surface area contributed by atoms with Crippen LogP contribution < -0.4 is 16.0 Å². The molecule has 0 aliphatic rings. The highest BCUT2D eigenvalue weighted by Gasteiger charge is 2.34. The molecule has 118 valence electrons. The second-order valence-electron chi connectivity index (χ2n) is 4.58. The first kappa shape index (κ1) is 15.7. The van der Waals surface area contributed by atoms with Gasteiger partial charge in [0.2, 0.25) is 5.95 Å². The first-order chi connectivity index (χ1) is 10.3. The van der Waals surface area contributed by atoms with Gasteiger partial charge < -0.3 is 16.0 Å². The normalized spacial score (nSPS) is 11.3. The summed E-state index contributed by atoms with van der Waals surface area (Å²) < 4.78 is 38.5. The van der Waals surface area contributed by atoms with E-state index in [0.29, 0.717) is 5.82 Å². The molecule has 2 heterocycles. The van der Waals surface area contributed by atoms with Gasteiger partial charge in [0.25, 0.3) is 0 Å². The van der Waals surface area contributed by atoms with E-state index >= 15 is 0 Å². The number of nitrogens with zero attached hydrogens (tertiary/aromatic N) is 5. The Balaban J connectivity index is 2.24. The Morgan fingerprint density at radius 1 is 1.23 bits per heavy atom. The molecule has 0 saturated carbocycles. The van der Waals surface area contributed by atoms with Crippen molar-refractivity contribution in [3.63, 3.8) is 0 Å². The molecule has 0 aliphatic carbocycles. The minimum Gasteiger partial charge on any atom is -0.384 e. The van der Waals surface area contributed by atoms with Crippen LogP contribution in [-0.2, 0) is 12.7 Å². The van der Waals surface area contributed by atoms with Crippen molar-refractivity contribution >= 4 is 17.6 Å². The van der Waals surface area contributed by atoms with Crippen molar-refractivity contribution in [1.82, 2.24) is 19.9 Å². The summed E-state index contributed by atoms with van der Waals surface area (Å²) in [5.41, 5.74) is 4.48. The Labute approximate surface area is 124 Å². The molecule has 0 unspecified atom stereocenters. The number of nitrogens with two attached hydrogens (primary N) is 1. The predicted octanol–water partition coefficient (Wildman–Crippen LogP) is 1.55. The average Bonchev–Trinajstić information content (AvgIpc) is 2.44. The molecule has 0 radical (unpaired) electrons. The largest absolute Gasteiger partial charge is 0.433 e. The minimum absolute atomic E-state index is 0.0548. The third kappa shape index (κ3) is 3.93. The molecule has 0 amide bonds. The summed E-state index contributed by atoms with van der Waals surface area (Å²) in [5, 5.41) is 2.67. The van der Waals surface area contributed by atoms with Gasteiger partial charge in [-0.1, -0.05) is 0 Å². The Bertz CT molecular complexity index is 657. The molecule has 2 aromatic heterocycles. The molecule has 2 rings (SSSR count). The number of nitrogens with one attached hydrogen (secondary N) is 1. The lowest BCUT2D eigenvalue weighted by Crippen LogP contribution is -2.17. The van der Waals surface area contributed by atoms with E-state index in [4.69, 9.17) is 5.73 Å². The van der Waals surface area contributed by atoms with Crippen LogP contribution in [0.2, 0.25) is 0 Å². The van der Waals surface area contributed by atoms with E-state index in [1.807, 2.05) is 0 Å². The molecule has 2 aromatic rings. The van der Waals surface area contributed by atoms with Gasteiger partial charge in [0, 0.05) is 26.4 Å². The lowest BCUT2D eigenvalue weighted by atomic mass is 10.3. The Hall–Kier alpha value is -2.65. The number of aromatic nitrogens is 4. The van der Waals surface area contributed by atoms with Crippen molar-refractivity contribution in [1.29, 1.82) is 0 Å². The maximum atomic E-state index is 12.8. The maximum absolute atomic E-state index is 12.8. The first-order valence-electron chi connectivity index (χ1n) is 6.20. The lowest BCUT2D eigenvalue weighted by molar-refractivity contribution is -0.141. The van der Waals surface area contributed by atoms with Crippen LogP contribution in [0.5, 0.6) is 0 Å². The fraction of sp³-hybridized carbons (Fsp3) is 0.333. The van der Waals surface area contributed by atoms with Crippen LogP contribution in [0.25, 0.3) is 0 Å². The van der Waals surface area contributed by atoms with Crippen LogP contribution in [-0.4, -0.2) is 34.0 Å². The molecule has 22 heavy (non-hydrogen) atoms. The van der Waals surface area contributed by atoms with E-state index < -0.39 is 11.9 Å². The SMILES string of the molecule is CN(C)c1cc(C(F)(F)F)nc(NCc2nccc(N)n2)n1. The third-order valence-corrected chi connectivity index (χ3v) is 2.59. The highest BCUT2D eigenvalue weighted by atomic mass is 19.4. The highest BCUT2D eigenvalue weighted by Crippen LogP contribution is 2.30. The summed E-state index contributed by atoms with van der Waals surface area (Å²) >= 11 is 0. The van der Waals surface area contributed by atoms with Gasteiger partial charge >= 0.3 is 6.18 Å². The molecule has 0 bridgehead atoms. The van der Waals surface area contributed by atoms with Gasteiger partial charge in [0.1, 0.15) is 17.5 Å². The van der Waals surface area contributed by atoms with Crippen LogP contribution in [0, 0.1) is 0 Å². The quantitative estimate of drug-likeness (QED) is 0.884. The Kier molecular flexibility index (Phi) is 4.29. The van der Waals surface area contributed by atoms with Crippen LogP contribution in [0.1, 0.15) is 11.5 Å². The van der Waals surface area contributed by atoms with Gasteiger partial charge in [-0.15, -0.1) is 0 Å². The van der Waals surface area contributed by atoms with Crippen LogP contribution >= 0.6 is 0 Å². The smallest absolute Gasteiger partial charge is 0.384 e. The molecule has 0 spiro atoms. The van der Waals surface area contributed by atoms with Gasteiger partial charge in [0.05, 0.1) is 6.54 Å². The lowest BCUT2D eigenvalue weighted by Gasteiger charge is -2.15. The molecular weight excluding hydrogens is 299 g/mol. The third-order valence-electron chi connectivity index (χ3n) is 2.59. The number of rotatable bonds is 4. The van der Waals surface area contributed by atoms with E-state index in [1.165, 1.54) is 17.2 Å². The van der Waals surface area contributed by atoms with Crippen molar-refractivity contribution in [2.24, 2.45) is 0 Å². The molecular formula is C12H14F3N7. The number of anilines is 3. The van der Waals surface area contributed by atoms with E-state index in [2.05, 4.69) is 25.3 Å². The average molecular weight is 313 g/mol. The molecule has 0 saturated heterocycles. The fourth-order valence-electron chi connectivity index (χ4n) is 1.55. The van der Waals surface area contributed by atoms with E-state index in [9.17, 15) is 13.2 Å². The molecule has 10 heteroatoms. The zero-order chi connectivity index (χ0) is 16.3. The Morgan fingerprint density at radius 3 is 2.55 bits per heavy atom. The van der Waals surface area contributed by atoms with Crippen molar-refractivity contribution in [3.8, 4) is 0 Å². The van der Waals surface area contributed by atoms with Gasteiger partial charge in [-0.25, -0.2) is 15.0 Å². The molecule has 0 atom stereocenters. The summed E-state index contributed by atoms with van der Waals surface area (Å²) in [6, 6.07) is 2.39. The number of nitrogen functional groups attached to an aromatic ring is 1. The van der Waals surface area contributed by atoms with Crippen LogP contribution in [0.3, 0.4) is 0 Å². The second kappa shape index (κ2) is 6.00. The van der Waals surface area contributed by atoms with Crippen LogP contribution in [0.4, 0.5) is 30.8 Å². The second-order valence-corrected chi connectivity index (χ2v) is 4.58. The van der Waals surface area contributed by atoms with Crippen LogP contribution in [0.15, 0.2) is 18.3 Å². The van der Waals surface area contributed by atoms with Crippen molar-refractivity contribution < 1.29 is 13.2 Å². The molecule has 0 aromatic carbocycles. The molecule has 7 nitrogen and oxygen atoms in total. The molecule has 0 fully saturated rings. The summed E-state index contributed by atoms with van der Waals surface area (Å²) in [5.74, 6) is 0.570. The Morgan fingerprint density at radius 2 is 1.95 bits per heavy atom. The summed E-state index contributed by atoms with van der Waals surface area (Å²) in [6.45, 7) is 0.0548. The molecule has 0 aliphatic heterocycles. The highest BCUT2D eigenvalue weighted by molar-refractivity contribution is 5.44. The van der Waals surface area contributed by atoms with Crippen molar-refractivity contribution in [3.05, 3.63) is 29.8 Å². The van der Waals surface area contributed by atoms with Crippen molar-refractivity contribution in [2.75, 3.05) is 30.0 Å². The van der Waals surface area contributed by atoms with Gasteiger partial charge in [-0.2, -0.15) is 18.2 Å². The van der Waals surface area contributed by atoms with Crippen molar-refractivity contribution in [2.45, 2.75) is 12.7 Å². The maximum Gasteiger partial charge on any atom is 0.433 e. The fourth-order valence-corrected chi connectivity index (χ4v) is 1.55. The number of halogens is 3. The number of hydrogen-bond acceptors (Lipinski definition) is 7. The zero-order valence-electron chi connectivity index (χ0n) is 11.9. The standard InChI is InChI=1S/C12H14F3N7/c1-22(2)10-5-7(12(13,14)15)19-11(21-10)18-6-9-17-4-3-8(16)20-9/h3-5H,6H2,1-2H3,(H2,16,17,20)(H,18,19,21). The first-order valence-corrected chi connectivity index (χ1v) is 6.20. The topological polar surface area (TPSA) is 92.9 Å². The monoisotopic (exact) mass is 313 g/mol. The number of alkyl halides is 3. The zero-order valence-corrected chi connectivity index (χ0v) is 11.9. The summed E-state index contributed by atoms with van der Waals surface area (Å²) in [4.78, 5) is 16.8. The predicted molar refractivity (Wildman–Crippen MR) is 75.1 cm³/mol. The summed E-state index contributed by atoms with van der Waals surface area (Å²) in [6.07, 6.45) is -3.10. The van der Waals surface area contributed by atoms with E-state index in [1.54, 1.807) is 14.1 Å². The van der Waals surface area contributed by atoms with Gasteiger partial charge in [-0.05, 0) is 6.07 Å². The van der Waals surface area contributed by atoms with Gasteiger partial charge in [0.15, 0.2) is 5.69 Å². The minimum atomic E-state index is -4.56. The van der Waals surface area contributed by atoms with E-state index in [-0.39, 0.29) is 24.1 Å². The van der Waals surface area contributed by atoms with Gasteiger partial charge in [-0.3, -0.25) is 0 Å². The number of hydrogen-bond donors (Lipinski definition) is 2. The summed E-state index contributed by atoms with van der Waals surface area (Å²) in [7, 11) is 3.18.